The van der Waals surface area contributed by atoms with Gasteiger partial charge in [-0.15, -0.1) is 0 Å². The summed E-state index contributed by atoms with van der Waals surface area (Å²) in [5.41, 5.74) is 4.87. The smallest absolute Gasteiger partial charge is 0.169 e. The summed E-state index contributed by atoms with van der Waals surface area (Å²) in [7, 11) is 0. The molecule has 0 N–H and O–H groups in total. The summed E-state index contributed by atoms with van der Waals surface area (Å²) < 4.78 is 4.49. The van der Waals surface area contributed by atoms with E-state index < -0.39 is 0 Å². The number of hydrogen-bond donors (Lipinski definition) is 0. The molecule has 168 valence electrons. The van der Waals surface area contributed by atoms with Crippen molar-refractivity contribution in [2.24, 2.45) is 0 Å². The van der Waals surface area contributed by atoms with E-state index in [2.05, 4.69) is 131 Å². The van der Waals surface area contributed by atoms with Crippen LogP contribution in [0.25, 0.3) is 24.3 Å². The van der Waals surface area contributed by atoms with Gasteiger partial charge in [0.05, 0.1) is 6.42 Å². The SMILES string of the molecule is C(=Cc1cc[n+](CCC[n+]2ccc(C=Cc3ccccc3)cc2)cc1)c1ccccc1.[Br-].[Br-]. The molecule has 0 amide bonds. The molecule has 33 heavy (non-hydrogen) atoms. The average molecular weight is 564 g/mol. The maximum absolute atomic E-state index is 2.25. The van der Waals surface area contributed by atoms with Crippen LogP contribution in [0, 0.1) is 0 Å². The lowest BCUT2D eigenvalue weighted by molar-refractivity contribution is -0.726. The lowest BCUT2D eigenvalue weighted by atomic mass is 10.1. The summed E-state index contributed by atoms with van der Waals surface area (Å²) in [6, 6.07) is 29.5. The first-order valence-corrected chi connectivity index (χ1v) is 10.8. The first-order valence-electron chi connectivity index (χ1n) is 10.8. The Labute approximate surface area is 218 Å². The molecule has 0 aliphatic rings. The Hall–Kier alpha value is -2.82. The van der Waals surface area contributed by atoms with Gasteiger partial charge in [0.25, 0.3) is 0 Å². The Morgan fingerprint density at radius 3 is 1.06 bits per heavy atom. The Kier molecular flexibility index (Phi) is 11.5. The molecule has 2 heterocycles. The fraction of sp³-hybridized carbons (Fsp3) is 0.103. The zero-order chi connectivity index (χ0) is 21.1. The molecule has 0 spiro atoms. The van der Waals surface area contributed by atoms with Gasteiger partial charge in [-0.1, -0.05) is 85.0 Å². The van der Waals surface area contributed by atoms with Crippen LogP contribution in [0.5, 0.6) is 0 Å². The largest absolute Gasteiger partial charge is 1.00 e. The molecule has 4 aromatic rings. The van der Waals surface area contributed by atoms with E-state index in [9.17, 15) is 0 Å². The van der Waals surface area contributed by atoms with Crippen LogP contribution in [0.15, 0.2) is 110 Å². The molecule has 0 atom stereocenters. The fourth-order valence-corrected chi connectivity index (χ4v) is 3.41. The summed E-state index contributed by atoms with van der Waals surface area (Å²) in [6.45, 7) is 2.01. The summed E-state index contributed by atoms with van der Waals surface area (Å²) in [5, 5.41) is 0. The molecule has 4 heteroatoms. The van der Waals surface area contributed by atoms with Crippen LogP contribution in [0.1, 0.15) is 28.7 Å². The van der Waals surface area contributed by atoms with Gasteiger partial charge in [0.15, 0.2) is 37.9 Å². The van der Waals surface area contributed by atoms with E-state index in [-0.39, 0.29) is 34.0 Å². The van der Waals surface area contributed by atoms with Crippen LogP contribution in [0.3, 0.4) is 0 Å². The van der Waals surface area contributed by atoms with Gasteiger partial charge in [0, 0.05) is 24.3 Å². The molecule has 0 aliphatic heterocycles. The zero-order valence-electron chi connectivity index (χ0n) is 18.5. The minimum atomic E-state index is 0. The first kappa shape index (κ1) is 26.4. The molecule has 0 aliphatic carbocycles. The fourth-order valence-electron chi connectivity index (χ4n) is 3.41. The summed E-state index contributed by atoms with van der Waals surface area (Å²) in [5.74, 6) is 0. The number of hydrogen-bond acceptors (Lipinski definition) is 0. The van der Waals surface area contributed by atoms with Crippen molar-refractivity contribution in [3.05, 3.63) is 132 Å². The summed E-state index contributed by atoms with van der Waals surface area (Å²) >= 11 is 0. The Bertz CT molecular complexity index is 1030. The minimum Gasteiger partial charge on any atom is -1.00 e. The number of pyridine rings is 2. The van der Waals surface area contributed by atoms with Gasteiger partial charge in [-0.2, -0.15) is 0 Å². The number of nitrogens with zero attached hydrogens (tertiary/aromatic N) is 2. The van der Waals surface area contributed by atoms with E-state index in [0.717, 1.165) is 19.5 Å². The molecule has 4 rings (SSSR count). The molecule has 0 fully saturated rings. The second-order valence-electron chi connectivity index (χ2n) is 7.58. The monoisotopic (exact) mass is 562 g/mol. The van der Waals surface area contributed by atoms with E-state index in [1.165, 1.54) is 22.3 Å². The third kappa shape index (κ3) is 8.91. The Balaban J connectivity index is 0.00000193. The second-order valence-corrected chi connectivity index (χ2v) is 7.58. The number of rotatable bonds is 8. The highest BCUT2D eigenvalue weighted by molar-refractivity contribution is 5.69. The lowest BCUT2D eigenvalue weighted by Gasteiger charge is -1.99. The highest BCUT2D eigenvalue weighted by atomic mass is 79.9. The lowest BCUT2D eigenvalue weighted by Crippen LogP contribution is -3.00. The van der Waals surface area contributed by atoms with Crippen molar-refractivity contribution < 1.29 is 43.1 Å². The number of aromatic nitrogens is 2. The van der Waals surface area contributed by atoms with Crippen molar-refractivity contribution in [2.75, 3.05) is 0 Å². The van der Waals surface area contributed by atoms with Crippen molar-refractivity contribution in [1.82, 2.24) is 0 Å². The quantitative estimate of drug-likeness (QED) is 0.260. The standard InChI is InChI=1S/C29H28N2.2BrH/c1-3-8-26(9-4-1)12-14-28-16-22-30(23-17-28)20-7-21-31-24-18-29(19-25-31)15-13-27-10-5-2-6-11-27;;/h1-6,8-19,22-25H,7,20-21H2;2*1H/q+2;;/p-2. The highest BCUT2D eigenvalue weighted by Crippen LogP contribution is 2.07. The van der Waals surface area contributed by atoms with Crippen molar-refractivity contribution in [1.29, 1.82) is 0 Å². The molecule has 2 aromatic heterocycles. The molecular formula is C29H28Br2N2. The topological polar surface area (TPSA) is 7.76 Å². The molecule has 2 nitrogen and oxygen atoms in total. The van der Waals surface area contributed by atoms with E-state index in [0.29, 0.717) is 0 Å². The van der Waals surface area contributed by atoms with Gasteiger partial charge < -0.3 is 34.0 Å². The van der Waals surface area contributed by atoms with Crippen LogP contribution in [0.2, 0.25) is 0 Å². The average Bonchev–Trinajstić information content (AvgIpc) is 2.84. The third-order valence-corrected chi connectivity index (χ3v) is 5.20. The Morgan fingerprint density at radius 1 is 0.424 bits per heavy atom. The van der Waals surface area contributed by atoms with Crippen LogP contribution in [-0.2, 0) is 13.1 Å². The van der Waals surface area contributed by atoms with Gasteiger partial charge >= 0.3 is 0 Å². The second kappa shape index (κ2) is 14.4. The van der Waals surface area contributed by atoms with E-state index in [4.69, 9.17) is 0 Å². The molecule has 0 bridgehead atoms. The zero-order valence-corrected chi connectivity index (χ0v) is 21.6. The number of halogens is 2. The van der Waals surface area contributed by atoms with E-state index in [1.807, 2.05) is 12.1 Å². The molecule has 0 saturated heterocycles. The predicted octanol–water partition coefficient (Wildman–Crippen LogP) is -0.299. The first-order chi connectivity index (χ1) is 15.3. The third-order valence-electron chi connectivity index (χ3n) is 5.20. The van der Waals surface area contributed by atoms with Gasteiger partial charge in [-0.05, 0) is 22.3 Å². The molecule has 0 unspecified atom stereocenters. The molecule has 0 radical (unpaired) electrons. The normalized spacial score (nSPS) is 10.7. The van der Waals surface area contributed by atoms with Crippen molar-refractivity contribution >= 4 is 24.3 Å². The maximum atomic E-state index is 2.25. The predicted molar refractivity (Wildman–Crippen MR) is 129 cm³/mol. The number of aryl methyl sites for hydroxylation is 2. The van der Waals surface area contributed by atoms with Gasteiger partial charge in [0.1, 0.15) is 0 Å². The van der Waals surface area contributed by atoms with Crippen LogP contribution < -0.4 is 43.1 Å². The highest BCUT2D eigenvalue weighted by Gasteiger charge is 2.04. The molecule has 2 aromatic carbocycles. The molecule has 0 saturated carbocycles. The van der Waals surface area contributed by atoms with Crippen LogP contribution in [0.4, 0.5) is 0 Å². The molecular weight excluding hydrogens is 536 g/mol. The van der Waals surface area contributed by atoms with Gasteiger partial charge in [-0.25, -0.2) is 9.13 Å². The van der Waals surface area contributed by atoms with Crippen molar-refractivity contribution in [3.63, 3.8) is 0 Å². The van der Waals surface area contributed by atoms with Crippen molar-refractivity contribution in [3.8, 4) is 0 Å². The maximum Gasteiger partial charge on any atom is 0.169 e. The summed E-state index contributed by atoms with van der Waals surface area (Å²) in [4.78, 5) is 0. The van der Waals surface area contributed by atoms with Gasteiger partial charge in [-0.3, -0.25) is 0 Å². The summed E-state index contributed by atoms with van der Waals surface area (Å²) in [6.07, 6.45) is 18.3. The number of benzene rings is 2. The minimum absolute atomic E-state index is 0. The van der Waals surface area contributed by atoms with E-state index in [1.54, 1.807) is 0 Å². The van der Waals surface area contributed by atoms with Crippen LogP contribution >= 0.6 is 0 Å². The van der Waals surface area contributed by atoms with Crippen molar-refractivity contribution in [2.45, 2.75) is 19.5 Å². The van der Waals surface area contributed by atoms with E-state index >= 15 is 0 Å². The Morgan fingerprint density at radius 2 is 0.727 bits per heavy atom. The van der Waals surface area contributed by atoms with Gasteiger partial charge in [0.2, 0.25) is 0 Å². The van der Waals surface area contributed by atoms with Crippen LogP contribution in [-0.4, -0.2) is 0 Å².